The molecule has 0 N–H and O–H groups in total. The van der Waals surface area contributed by atoms with Crippen LogP contribution in [0.4, 0.5) is 0 Å². The molecule has 0 bridgehead atoms. The van der Waals surface area contributed by atoms with Gasteiger partial charge in [0.05, 0.1) is 0 Å². The molecule has 3 aromatic rings. The normalized spacial score (nSPS) is 10.7. The van der Waals surface area contributed by atoms with E-state index in [1.807, 2.05) is 13.8 Å². The first kappa shape index (κ1) is 19.0. The fraction of sp³-hybridized carbons (Fsp3) is 0.130. The van der Waals surface area contributed by atoms with Gasteiger partial charge in [-0.2, -0.15) is 0 Å². The Labute approximate surface area is 151 Å². The molecule has 1 nitrogen and oxygen atoms in total. The van der Waals surface area contributed by atoms with E-state index in [1.54, 1.807) is 0 Å². The molecule has 0 spiro atoms. The molecule has 0 amide bonds. The van der Waals surface area contributed by atoms with E-state index in [2.05, 4.69) is 91.0 Å². The highest BCUT2D eigenvalue weighted by Gasteiger charge is 2.21. The van der Waals surface area contributed by atoms with Gasteiger partial charge in [-0.15, -0.1) is 0 Å². The molecule has 0 atom stereocenters. The molecule has 0 radical (unpaired) electrons. The van der Waals surface area contributed by atoms with Gasteiger partial charge in [0.25, 0.3) is 0 Å². The molecule has 2 heteroatoms. The third-order valence-electron chi connectivity index (χ3n) is 3.86. The number of hydrogen-bond acceptors (Lipinski definition) is 1. The van der Waals surface area contributed by atoms with E-state index in [1.165, 1.54) is 15.9 Å². The van der Waals surface area contributed by atoms with Gasteiger partial charge in [-0.1, -0.05) is 111 Å². The first-order chi connectivity index (χ1) is 12.1. The molecule has 3 rings (SSSR count). The standard InChI is InChI=1S/C19H17P.C4H8O/c1-20(17-11-5-2-6-12-17,18-13-7-3-8-14-18)19-15-9-4-10-16-19;1-4(2)3-5/h2-16H,1H2;3-4H,1-2H3. The lowest BCUT2D eigenvalue weighted by atomic mass is 10.3. The monoisotopic (exact) mass is 348 g/mol. The first-order valence-electron chi connectivity index (χ1n) is 8.44. The minimum Gasteiger partial charge on any atom is -0.303 e. The molecule has 3 aromatic carbocycles. The Kier molecular flexibility index (Phi) is 6.98. The Morgan fingerprint density at radius 3 is 1.12 bits per heavy atom. The largest absolute Gasteiger partial charge is 0.303 e. The van der Waals surface area contributed by atoms with Crippen LogP contribution in [0.15, 0.2) is 91.0 Å². The van der Waals surface area contributed by atoms with Crippen LogP contribution in [0.1, 0.15) is 13.8 Å². The summed E-state index contributed by atoms with van der Waals surface area (Å²) >= 11 is 0. The van der Waals surface area contributed by atoms with Crippen LogP contribution in [0.2, 0.25) is 0 Å². The van der Waals surface area contributed by atoms with Crippen molar-refractivity contribution < 1.29 is 4.79 Å². The van der Waals surface area contributed by atoms with Crippen molar-refractivity contribution in [3.05, 3.63) is 91.0 Å². The average molecular weight is 348 g/mol. The molecule has 25 heavy (non-hydrogen) atoms. The summed E-state index contributed by atoms with van der Waals surface area (Å²) in [7, 11) is 0. The maximum Gasteiger partial charge on any atom is 0.122 e. The van der Waals surface area contributed by atoms with E-state index in [4.69, 9.17) is 6.30 Å². The van der Waals surface area contributed by atoms with Gasteiger partial charge < -0.3 is 4.79 Å². The third kappa shape index (κ3) is 4.81. The summed E-state index contributed by atoms with van der Waals surface area (Å²) in [5.41, 5.74) is 0. The molecule has 0 saturated heterocycles. The molecule has 0 fully saturated rings. The van der Waals surface area contributed by atoms with Gasteiger partial charge >= 0.3 is 0 Å². The topological polar surface area (TPSA) is 17.1 Å². The Balaban J connectivity index is 0.000000399. The van der Waals surface area contributed by atoms with Crippen molar-refractivity contribution in [3.63, 3.8) is 0 Å². The molecule has 0 aliphatic rings. The highest BCUT2D eigenvalue weighted by molar-refractivity contribution is 7.93. The summed E-state index contributed by atoms with van der Waals surface area (Å²) in [4.78, 5) is 9.50. The second-order valence-corrected chi connectivity index (χ2v) is 9.37. The third-order valence-corrected chi connectivity index (χ3v) is 7.40. The SMILES string of the molecule is C=P(c1ccccc1)(c1ccccc1)c1ccccc1.CC(C)C=O. The van der Waals surface area contributed by atoms with Gasteiger partial charge in [0.2, 0.25) is 0 Å². The molecule has 128 valence electrons. The summed E-state index contributed by atoms with van der Waals surface area (Å²) in [6.07, 6.45) is 5.61. The van der Waals surface area contributed by atoms with Crippen LogP contribution in [0.3, 0.4) is 0 Å². The number of benzene rings is 3. The van der Waals surface area contributed by atoms with Crippen LogP contribution in [0.25, 0.3) is 0 Å². The van der Waals surface area contributed by atoms with Gasteiger partial charge in [-0.3, -0.25) is 0 Å². The lowest BCUT2D eigenvalue weighted by molar-refractivity contribution is -0.110. The number of aldehydes is 1. The molecule has 0 saturated carbocycles. The van der Waals surface area contributed by atoms with Gasteiger partial charge in [0.15, 0.2) is 0 Å². The van der Waals surface area contributed by atoms with Gasteiger partial charge in [0, 0.05) is 5.92 Å². The lowest BCUT2D eigenvalue weighted by Crippen LogP contribution is -2.25. The summed E-state index contributed by atoms with van der Waals surface area (Å²) in [6.45, 7) is 1.93. The van der Waals surface area contributed by atoms with Crippen LogP contribution in [0.5, 0.6) is 0 Å². The van der Waals surface area contributed by atoms with E-state index in [0.717, 1.165) is 6.29 Å². The predicted octanol–water partition coefficient (Wildman–Crippen LogP) is 4.25. The number of carbonyl (C=O) groups excluding carboxylic acids is 1. The quantitative estimate of drug-likeness (QED) is 0.509. The number of hydrogen-bond donors (Lipinski definition) is 0. The molecular formula is C23H25OP. The zero-order valence-corrected chi connectivity index (χ0v) is 15.8. The Bertz CT molecular complexity index is 705. The van der Waals surface area contributed by atoms with Crippen LogP contribution >= 0.6 is 6.89 Å². The van der Waals surface area contributed by atoms with Gasteiger partial charge in [-0.05, 0) is 22.8 Å². The lowest BCUT2D eigenvalue weighted by Gasteiger charge is -2.26. The first-order valence-corrected chi connectivity index (χ1v) is 10.4. The molecule has 0 aromatic heterocycles. The van der Waals surface area contributed by atoms with Crippen LogP contribution in [0, 0.1) is 5.92 Å². The fourth-order valence-electron chi connectivity index (χ4n) is 2.49. The van der Waals surface area contributed by atoms with Gasteiger partial charge in [-0.25, -0.2) is 0 Å². The zero-order chi connectivity index (χ0) is 18.1. The second kappa shape index (κ2) is 9.20. The van der Waals surface area contributed by atoms with Crippen molar-refractivity contribution in [2.75, 3.05) is 0 Å². The highest BCUT2D eigenvalue weighted by Crippen LogP contribution is 2.41. The molecule has 0 unspecified atom stereocenters. The second-order valence-electron chi connectivity index (χ2n) is 6.20. The van der Waals surface area contributed by atoms with Crippen molar-refractivity contribution in [2.24, 2.45) is 5.92 Å². The van der Waals surface area contributed by atoms with E-state index in [0.29, 0.717) is 0 Å². The highest BCUT2D eigenvalue weighted by atomic mass is 31.2. The fourth-order valence-corrected chi connectivity index (χ4v) is 5.43. The van der Waals surface area contributed by atoms with Crippen molar-refractivity contribution in [3.8, 4) is 0 Å². The Hall–Kier alpha value is -2.37. The number of rotatable bonds is 4. The smallest absolute Gasteiger partial charge is 0.122 e. The zero-order valence-electron chi connectivity index (χ0n) is 14.9. The van der Waals surface area contributed by atoms with Gasteiger partial charge in [0.1, 0.15) is 6.29 Å². The summed E-state index contributed by atoms with van der Waals surface area (Å²) in [6, 6.07) is 31.9. The van der Waals surface area contributed by atoms with Crippen LogP contribution in [-0.4, -0.2) is 12.6 Å². The minimum atomic E-state index is -1.78. The molecule has 0 aliphatic heterocycles. The number of carbonyl (C=O) groups is 1. The summed E-state index contributed by atoms with van der Waals surface area (Å²) in [5.74, 6) is 0.204. The van der Waals surface area contributed by atoms with E-state index < -0.39 is 6.89 Å². The molecular weight excluding hydrogens is 323 g/mol. The maximum atomic E-state index is 9.50. The van der Waals surface area contributed by atoms with E-state index in [9.17, 15) is 4.79 Å². The average Bonchev–Trinajstić information content (AvgIpc) is 2.70. The Morgan fingerprint density at radius 1 is 0.680 bits per heavy atom. The molecule has 0 aliphatic carbocycles. The van der Waals surface area contributed by atoms with E-state index >= 15 is 0 Å². The summed E-state index contributed by atoms with van der Waals surface area (Å²) < 4.78 is 0. The Morgan fingerprint density at radius 2 is 0.920 bits per heavy atom. The van der Waals surface area contributed by atoms with Crippen LogP contribution in [-0.2, 0) is 4.79 Å². The molecule has 0 heterocycles. The van der Waals surface area contributed by atoms with E-state index in [-0.39, 0.29) is 5.92 Å². The maximum absolute atomic E-state index is 9.50. The van der Waals surface area contributed by atoms with Crippen molar-refractivity contribution in [1.29, 1.82) is 0 Å². The minimum absolute atomic E-state index is 0.204. The summed E-state index contributed by atoms with van der Waals surface area (Å²) in [5, 5.41) is 3.95. The van der Waals surface area contributed by atoms with Crippen molar-refractivity contribution in [1.82, 2.24) is 0 Å². The van der Waals surface area contributed by atoms with Crippen molar-refractivity contribution >= 4 is 35.4 Å². The van der Waals surface area contributed by atoms with Crippen molar-refractivity contribution in [2.45, 2.75) is 13.8 Å². The van der Waals surface area contributed by atoms with Crippen LogP contribution < -0.4 is 15.9 Å². The predicted molar refractivity (Wildman–Crippen MR) is 113 cm³/mol.